The molecule has 6 amide bonds. The molecule has 16 heteroatoms. The van der Waals surface area contributed by atoms with E-state index >= 15 is 0 Å². The third-order valence-corrected chi connectivity index (χ3v) is 14.4. The summed E-state index contributed by atoms with van der Waals surface area (Å²) in [5.41, 5.74) is 0.194. The van der Waals surface area contributed by atoms with Crippen LogP contribution in [0.1, 0.15) is 117 Å². The summed E-state index contributed by atoms with van der Waals surface area (Å²) in [6, 6.07) is 3.48. The van der Waals surface area contributed by atoms with Gasteiger partial charge < -0.3 is 35.8 Å². The van der Waals surface area contributed by atoms with E-state index in [1.54, 1.807) is 46.4 Å². The van der Waals surface area contributed by atoms with Crippen LogP contribution >= 0.6 is 0 Å². The number of unbranched alkanes of at least 4 members (excludes halogenated alkanes) is 1. The molecule has 4 N–H and O–H groups in total. The van der Waals surface area contributed by atoms with E-state index in [0.717, 1.165) is 30.4 Å². The normalized spacial score (nSPS) is 20.3. The highest BCUT2D eigenvalue weighted by molar-refractivity contribution is 7.92. The summed E-state index contributed by atoms with van der Waals surface area (Å²) in [6.45, 7) is 16.3. The van der Waals surface area contributed by atoms with E-state index in [9.17, 15) is 37.2 Å². The van der Waals surface area contributed by atoms with Gasteiger partial charge in [-0.1, -0.05) is 90.1 Å². The maximum Gasteiger partial charge on any atom is 0.410 e. The van der Waals surface area contributed by atoms with Crippen LogP contribution in [0.4, 0.5) is 9.59 Å². The van der Waals surface area contributed by atoms with E-state index in [1.807, 2.05) is 31.2 Å². The molecule has 2 heterocycles. The van der Waals surface area contributed by atoms with Crippen molar-refractivity contribution >= 4 is 45.5 Å². The van der Waals surface area contributed by atoms with E-state index in [-0.39, 0.29) is 31.7 Å². The molecule has 59 heavy (non-hydrogen) atoms. The molecule has 1 aliphatic carbocycles. The van der Waals surface area contributed by atoms with Crippen molar-refractivity contribution in [2.75, 3.05) is 25.4 Å². The molecule has 15 nitrogen and oxygen atoms in total. The Morgan fingerprint density at radius 2 is 1.64 bits per heavy atom. The van der Waals surface area contributed by atoms with Gasteiger partial charge in [-0.2, -0.15) is 0 Å². The molecule has 4 atom stereocenters. The van der Waals surface area contributed by atoms with Crippen molar-refractivity contribution < 1.29 is 41.9 Å². The number of nitrogens with zero attached hydrogens (tertiary/aromatic N) is 2. The first-order valence-corrected chi connectivity index (χ1v) is 22.6. The van der Waals surface area contributed by atoms with Crippen LogP contribution in [0.5, 0.6) is 0 Å². The second-order valence-electron chi connectivity index (χ2n) is 18.4. The number of hydrogen-bond acceptors (Lipinski definition) is 9. The number of sulfone groups is 1. The lowest BCUT2D eigenvalue weighted by Crippen LogP contribution is -2.63. The van der Waals surface area contributed by atoms with E-state index in [1.165, 1.54) is 11.0 Å². The maximum absolute atomic E-state index is 14.8. The lowest BCUT2D eigenvalue weighted by atomic mass is 9.83. The highest BCUT2D eigenvalue weighted by atomic mass is 32.2. The van der Waals surface area contributed by atoms with Gasteiger partial charge in [0.15, 0.2) is 9.84 Å². The summed E-state index contributed by atoms with van der Waals surface area (Å²) in [5, 5.41) is 11.0. The highest BCUT2D eigenvalue weighted by Crippen LogP contribution is 2.33. The van der Waals surface area contributed by atoms with E-state index in [2.05, 4.69) is 27.8 Å². The van der Waals surface area contributed by atoms with Crippen molar-refractivity contribution in [1.29, 1.82) is 0 Å². The fourth-order valence-corrected chi connectivity index (χ4v) is 9.46. The molecule has 1 aromatic carbocycles. The first kappa shape index (κ1) is 47.2. The summed E-state index contributed by atoms with van der Waals surface area (Å²) >= 11 is 0. The number of amides is 6. The van der Waals surface area contributed by atoms with E-state index in [0.29, 0.717) is 45.2 Å². The Balaban J connectivity index is 1.61. The van der Waals surface area contributed by atoms with Gasteiger partial charge >= 0.3 is 12.1 Å². The van der Waals surface area contributed by atoms with Crippen LogP contribution in [0.25, 0.3) is 0 Å². The Kier molecular flexibility index (Phi) is 15.8. The van der Waals surface area contributed by atoms with Crippen molar-refractivity contribution in [2.24, 2.45) is 5.41 Å². The van der Waals surface area contributed by atoms with Gasteiger partial charge in [0.2, 0.25) is 17.6 Å². The second-order valence-corrected chi connectivity index (χ2v) is 21.1. The molecule has 328 valence electrons. The summed E-state index contributed by atoms with van der Waals surface area (Å²) in [7, 11) is -3.64. The number of urea groups is 1. The van der Waals surface area contributed by atoms with Gasteiger partial charge in [0, 0.05) is 26.1 Å². The first-order valence-electron chi connectivity index (χ1n) is 21.0. The van der Waals surface area contributed by atoms with Gasteiger partial charge in [0.05, 0.1) is 28.6 Å². The number of ketones is 1. The molecule has 0 radical (unpaired) electrons. The minimum atomic E-state index is -3.64. The minimum absolute atomic E-state index is 0.0574. The van der Waals surface area contributed by atoms with Gasteiger partial charge in [0.25, 0.3) is 5.91 Å². The van der Waals surface area contributed by atoms with Gasteiger partial charge in [-0.05, 0) is 63.0 Å². The number of carbonyl (C=O) groups excluding carboxylic acids is 6. The zero-order valence-electron chi connectivity index (χ0n) is 36.0. The van der Waals surface area contributed by atoms with Gasteiger partial charge in [0.1, 0.15) is 18.2 Å². The smallest absolute Gasteiger partial charge is 0.410 e. The maximum atomic E-state index is 14.8. The number of nitrogens with one attached hydrogen (secondary N) is 4. The number of benzene rings is 1. The molecule has 1 aromatic rings. The van der Waals surface area contributed by atoms with Gasteiger partial charge in [-0.25, -0.2) is 18.0 Å². The summed E-state index contributed by atoms with van der Waals surface area (Å²) in [6.07, 6.45) is 5.14. The molecular formula is C43H66N6O9S. The zero-order chi connectivity index (χ0) is 43.8. The number of hydrogen-bond donors (Lipinski definition) is 4. The SMILES string of the molecule is C=CCNC(=O)C(=O)C(CCCC)NC(=O)[C@@H]1CC(OC(=O)N2CCc3ccccc3C2)CN1C(=O)[C@@H](NC(=O)NC1(CS(=O)(=O)C(C)(C)C)CCCCC1)C(C)(C)C. The van der Waals surface area contributed by atoms with Crippen LogP contribution in [0.3, 0.4) is 0 Å². The summed E-state index contributed by atoms with van der Waals surface area (Å²) < 4.78 is 31.8. The third kappa shape index (κ3) is 12.3. The monoisotopic (exact) mass is 842 g/mol. The molecule has 4 rings (SSSR count). The molecule has 2 unspecified atom stereocenters. The Morgan fingerprint density at radius 3 is 2.25 bits per heavy atom. The Bertz CT molecular complexity index is 1830. The minimum Gasteiger partial charge on any atom is -0.444 e. The van der Waals surface area contributed by atoms with Crippen LogP contribution in [0, 0.1) is 5.41 Å². The van der Waals surface area contributed by atoms with Crippen LogP contribution in [-0.4, -0.2) is 114 Å². The quantitative estimate of drug-likeness (QED) is 0.147. The number of fused-ring (bicyclic) bond motifs is 1. The van der Waals surface area contributed by atoms with Crippen molar-refractivity contribution in [2.45, 2.75) is 154 Å². The Hall–Kier alpha value is -4.47. The predicted octanol–water partition coefficient (Wildman–Crippen LogP) is 4.33. The lowest BCUT2D eigenvalue weighted by Gasteiger charge is -2.41. The lowest BCUT2D eigenvalue weighted by molar-refractivity contribution is -0.143. The topological polar surface area (TPSA) is 200 Å². The predicted molar refractivity (Wildman–Crippen MR) is 225 cm³/mol. The van der Waals surface area contributed by atoms with Gasteiger partial charge in [-0.3, -0.25) is 19.2 Å². The number of rotatable bonds is 15. The summed E-state index contributed by atoms with van der Waals surface area (Å²) in [4.78, 5) is 85.4. The number of likely N-dealkylation sites (tertiary alicyclic amines) is 1. The van der Waals surface area contributed by atoms with Crippen molar-refractivity contribution in [3.63, 3.8) is 0 Å². The van der Waals surface area contributed by atoms with Crippen molar-refractivity contribution in [1.82, 2.24) is 31.1 Å². The molecule has 1 saturated heterocycles. The van der Waals surface area contributed by atoms with Crippen molar-refractivity contribution in [3.8, 4) is 0 Å². The van der Waals surface area contributed by atoms with Crippen LogP contribution in [0.15, 0.2) is 36.9 Å². The van der Waals surface area contributed by atoms with Gasteiger partial charge in [-0.15, -0.1) is 6.58 Å². The first-order chi connectivity index (χ1) is 27.6. The van der Waals surface area contributed by atoms with Crippen LogP contribution < -0.4 is 21.3 Å². The van der Waals surface area contributed by atoms with Crippen molar-refractivity contribution in [3.05, 3.63) is 48.0 Å². The second kappa shape index (κ2) is 19.7. The molecule has 0 spiro atoms. The fraction of sp³-hybridized carbons (Fsp3) is 0.674. The molecule has 0 aromatic heterocycles. The number of Topliss-reactive ketones (excluding diaryl/α,β-unsaturated/α-hetero) is 1. The van der Waals surface area contributed by atoms with Crippen LogP contribution in [0.2, 0.25) is 0 Å². The molecular weight excluding hydrogens is 777 g/mol. The van der Waals surface area contributed by atoms with E-state index in [4.69, 9.17) is 4.74 Å². The number of ether oxygens (including phenoxy) is 1. The molecule has 1 saturated carbocycles. The molecule has 3 aliphatic rings. The Labute approximate surface area is 350 Å². The Morgan fingerprint density at radius 1 is 0.983 bits per heavy atom. The average Bonchev–Trinajstić information content (AvgIpc) is 3.59. The summed E-state index contributed by atoms with van der Waals surface area (Å²) in [5.74, 6) is -3.30. The third-order valence-electron chi connectivity index (χ3n) is 11.6. The fourth-order valence-electron chi connectivity index (χ4n) is 7.94. The number of carbonyl (C=O) groups is 6. The highest BCUT2D eigenvalue weighted by Gasteiger charge is 2.48. The largest absolute Gasteiger partial charge is 0.444 e. The molecule has 0 bridgehead atoms. The standard InChI is InChI=1S/C43H66N6O9S/c1-9-11-19-32(34(50)37(52)44-23-10-2)45-36(51)33-25-31(58-40(55)48-24-20-29-17-13-14-18-30(29)26-48)27-49(33)38(53)35(41(3,4)5)46-39(54)47-43(21-15-12-16-22-43)28-59(56,57)42(6,7)8/h10,13-14,17-18,31-33,35H,2,9,11-12,15-16,19-28H2,1,3-8H3,(H,44,52)(H,45,51)(H2,46,47,54)/t31?,32?,33-,35+/m0/s1. The average molecular weight is 843 g/mol. The van der Waals surface area contributed by atoms with Crippen LogP contribution in [-0.2, 0) is 46.7 Å². The molecule has 2 fully saturated rings. The zero-order valence-corrected chi connectivity index (χ0v) is 36.8. The van der Waals surface area contributed by atoms with E-state index < -0.39 is 85.4 Å². The molecule has 2 aliphatic heterocycles.